The largest absolute Gasteiger partial charge is 0.573 e. The number of ether oxygens (including phenoxy) is 1. The normalized spacial score (nSPS) is 14.7. The number of aromatic nitrogens is 2. The Kier molecular flexibility index (Phi) is 8.86. The summed E-state index contributed by atoms with van der Waals surface area (Å²) in [5.41, 5.74) is 4.39. The van der Waals surface area contributed by atoms with Gasteiger partial charge in [-0.2, -0.15) is 10.2 Å². The number of anilines is 2. The summed E-state index contributed by atoms with van der Waals surface area (Å²) in [5, 5.41) is 16.1. The van der Waals surface area contributed by atoms with Crippen LogP contribution in [0, 0.1) is 6.92 Å². The number of aryl methyl sites for hydroxylation is 1. The van der Waals surface area contributed by atoms with Crippen LogP contribution in [-0.2, 0) is 4.79 Å². The van der Waals surface area contributed by atoms with Gasteiger partial charge in [0.2, 0.25) is 5.91 Å². The molecule has 2 heterocycles. The van der Waals surface area contributed by atoms with E-state index in [0.717, 1.165) is 28.9 Å². The van der Waals surface area contributed by atoms with Crippen molar-refractivity contribution in [2.75, 3.05) is 16.0 Å². The van der Waals surface area contributed by atoms with Crippen molar-refractivity contribution in [3.05, 3.63) is 101 Å². The number of hydrogen-bond acceptors (Lipinski definition) is 7. The lowest BCUT2D eigenvalue weighted by Crippen LogP contribution is -2.30. The molecule has 9 nitrogen and oxygen atoms in total. The van der Waals surface area contributed by atoms with Crippen molar-refractivity contribution >= 4 is 46.3 Å². The Balaban J connectivity index is 1.25. The molecule has 226 valence electrons. The highest BCUT2D eigenvalue weighted by atomic mass is 32.2. The summed E-state index contributed by atoms with van der Waals surface area (Å²) >= 11 is 1.34. The second kappa shape index (κ2) is 12.8. The van der Waals surface area contributed by atoms with E-state index in [0.29, 0.717) is 33.6 Å². The Morgan fingerprint density at radius 2 is 1.77 bits per heavy atom. The summed E-state index contributed by atoms with van der Waals surface area (Å²) in [6, 6.07) is 19.9. The molecule has 0 aliphatic carbocycles. The van der Waals surface area contributed by atoms with E-state index in [4.69, 9.17) is 0 Å². The average Bonchev–Trinajstić information content (AvgIpc) is 3.55. The number of amidine groups is 1. The molecule has 1 saturated heterocycles. The third-order valence-corrected chi connectivity index (χ3v) is 7.48. The Morgan fingerprint density at radius 1 is 1.07 bits per heavy atom. The number of carbonyl (C=O) groups is 2. The summed E-state index contributed by atoms with van der Waals surface area (Å²) in [5.74, 6) is -0.365. The van der Waals surface area contributed by atoms with Gasteiger partial charge in [-0.1, -0.05) is 55.9 Å². The topological polar surface area (TPSA) is 101 Å². The number of halogens is 3. The Morgan fingerprint density at radius 3 is 2.45 bits per heavy atom. The van der Waals surface area contributed by atoms with Crippen LogP contribution in [0.5, 0.6) is 5.75 Å². The van der Waals surface area contributed by atoms with Gasteiger partial charge in [0, 0.05) is 11.9 Å². The molecule has 1 fully saturated rings. The van der Waals surface area contributed by atoms with Crippen molar-refractivity contribution in [1.29, 1.82) is 0 Å². The average molecular weight is 621 g/mol. The number of benzene rings is 3. The third kappa shape index (κ3) is 7.17. The minimum absolute atomic E-state index is 0.0441. The third-order valence-electron chi connectivity index (χ3n) is 6.56. The number of hydrogen-bond donors (Lipinski definition) is 1. The maximum absolute atomic E-state index is 12.8. The molecule has 44 heavy (non-hydrogen) atoms. The van der Waals surface area contributed by atoms with Crippen LogP contribution in [-0.4, -0.2) is 45.1 Å². The number of amides is 2. The van der Waals surface area contributed by atoms with Gasteiger partial charge < -0.3 is 10.1 Å². The molecular weight excluding hydrogens is 593 g/mol. The molecule has 1 N–H and O–H groups in total. The van der Waals surface area contributed by atoms with Crippen LogP contribution in [0.15, 0.2) is 89.2 Å². The Bertz CT molecular complexity index is 1730. The molecule has 4 aromatic rings. The fraction of sp³-hybridized carbons (Fsp3) is 0.194. The summed E-state index contributed by atoms with van der Waals surface area (Å²) in [4.78, 5) is 27.1. The molecule has 3 aromatic carbocycles. The first kappa shape index (κ1) is 30.5. The van der Waals surface area contributed by atoms with Crippen molar-refractivity contribution in [1.82, 2.24) is 9.78 Å². The van der Waals surface area contributed by atoms with Crippen molar-refractivity contribution in [2.24, 2.45) is 10.2 Å². The molecule has 5 rings (SSSR count). The van der Waals surface area contributed by atoms with Crippen LogP contribution in [0.25, 0.3) is 5.69 Å². The van der Waals surface area contributed by atoms with Gasteiger partial charge in [-0.25, -0.2) is 4.68 Å². The summed E-state index contributed by atoms with van der Waals surface area (Å²) in [6.45, 7) is 5.84. The lowest BCUT2D eigenvalue weighted by Gasteiger charge is -2.20. The molecule has 1 aliphatic rings. The number of nitrogens with zero attached hydrogens (tertiary/aromatic N) is 5. The SMILES string of the molecule is Cc1nn(-c2ccc(/C=N/N=C3\SCC(=O)N3c3ccccc3C(C)C)cc2)cc1C(=O)Nc1ccc(OC(F)(F)F)cc1. The fourth-order valence-corrected chi connectivity index (χ4v) is 5.28. The number of thioether (sulfide) groups is 1. The standard InChI is InChI=1S/C31H27F3N6O3S/c1-19(2)25-6-4-5-7-27(25)40-28(41)18-44-30(40)37-35-16-21-8-12-23(13-9-21)39-17-26(20(3)38-39)29(42)36-22-10-14-24(15-11-22)43-31(32,33)34/h4-17,19H,18H2,1-3H3,(H,36,42)/b35-16+,37-30-. The Hall–Kier alpha value is -4.91. The second-order valence-corrected chi connectivity index (χ2v) is 11.0. The molecule has 0 atom stereocenters. The van der Waals surface area contributed by atoms with Crippen LogP contribution >= 0.6 is 11.8 Å². The summed E-state index contributed by atoms with van der Waals surface area (Å²) in [7, 11) is 0. The van der Waals surface area contributed by atoms with Gasteiger partial charge in [0.25, 0.3) is 5.91 Å². The van der Waals surface area contributed by atoms with Crippen LogP contribution in [0.3, 0.4) is 0 Å². The molecular formula is C31H27F3N6O3S. The molecule has 0 bridgehead atoms. The minimum atomic E-state index is -4.80. The van der Waals surface area contributed by atoms with Crippen molar-refractivity contribution in [3.8, 4) is 11.4 Å². The zero-order valence-corrected chi connectivity index (χ0v) is 24.7. The maximum Gasteiger partial charge on any atom is 0.573 e. The molecule has 0 unspecified atom stereocenters. The highest BCUT2D eigenvalue weighted by molar-refractivity contribution is 8.15. The number of para-hydroxylation sites is 1. The lowest BCUT2D eigenvalue weighted by molar-refractivity contribution is -0.274. The number of nitrogens with one attached hydrogen (secondary N) is 1. The second-order valence-electron chi connectivity index (χ2n) is 10.0. The first-order valence-electron chi connectivity index (χ1n) is 13.5. The minimum Gasteiger partial charge on any atom is -0.406 e. The van der Waals surface area contributed by atoms with Crippen LogP contribution in [0.2, 0.25) is 0 Å². The fourth-order valence-electron chi connectivity index (χ4n) is 4.46. The van der Waals surface area contributed by atoms with Gasteiger partial charge in [-0.15, -0.1) is 18.3 Å². The molecule has 0 radical (unpaired) electrons. The van der Waals surface area contributed by atoms with Gasteiger partial charge in [-0.3, -0.25) is 14.5 Å². The highest BCUT2D eigenvalue weighted by Gasteiger charge is 2.32. The quantitative estimate of drug-likeness (QED) is 0.170. The lowest BCUT2D eigenvalue weighted by atomic mass is 10.0. The van der Waals surface area contributed by atoms with Gasteiger partial charge in [0.15, 0.2) is 5.17 Å². The number of carbonyl (C=O) groups excluding carboxylic acids is 2. The number of alkyl halides is 3. The highest BCUT2D eigenvalue weighted by Crippen LogP contribution is 2.33. The predicted molar refractivity (Wildman–Crippen MR) is 165 cm³/mol. The van der Waals surface area contributed by atoms with Crippen molar-refractivity contribution in [2.45, 2.75) is 33.1 Å². The van der Waals surface area contributed by atoms with Crippen LogP contribution < -0.4 is 15.0 Å². The van der Waals surface area contributed by atoms with E-state index in [1.165, 1.54) is 23.9 Å². The molecule has 0 saturated carbocycles. The first-order chi connectivity index (χ1) is 21.0. The van der Waals surface area contributed by atoms with E-state index in [9.17, 15) is 22.8 Å². The van der Waals surface area contributed by atoms with Gasteiger partial charge in [0.1, 0.15) is 5.75 Å². The summed E-state index contributed by atoms with van der Waals surface area (Å²) < 4.78 is 42.5. The van der Waals surface area contributed by atoms with Gasteiger partial charge >= 0.3 is 6.36 Å². The van der Waals surface area contributed by atoms with Crippen molar-refractivity contribution < 1.29 is 27.5 Å². The monoisotopic (exact) mass is 620 g/mol. The Labute approximate surface area is 255 Å². The molecule has 2 amide bonds. The molecule has 13 heteroatoms. The number of rotatable bonds is 8. The van der Waals surface area contributed by atoms with E-state index in [1.807, 2.05) is 36.4 Å². The molecule has 0 spiro atoms. The van der Waals surface area contributed by atoms with Crippen LogP contribution in [0.4, 0.5) is 24.5 Å². The smallest absolute Gasteiger partial charge is 0.406 e. The van der Waals surface area contributed by atoms with Crippen LogP contribution in [0.1, 0.15) is 46.9 Å². The predicted octanol–water partition coefficient (Wildman–Crippen LogP) is 6.92. The summed E-state index contributed by atoms with van der Waals surface area (Å²) in [6.07, 6.45) is -1.64. The van der Waals surface area contributed by atoms with Gasteiger partial charge in [-0.05, 0) is 66.4 Å². The van der Waals surface area contributed by atoms with E-state index >= 15 is 0 Å². The van der Waals surface area contributed by atoms with E-state index < -0.39 is 12.3 Å². The first-order valence-corrected chi connectivity index (χ1v) is 14.5. The zero-order chi connectivity index (χ0) is 31.4. The van der Waals surface area contributed by atoms with E-state index in [-0.39, 0.29) is 17.6 Å². The zero-order valence-electron chi connectivity index (χ0n) is 23.9. The maximum atomic E-state index is 12.8. The molecule has 1 aromatic heterocycles. The van der Waals surface area contributed by atoms with E-state index in [1.54, 1.807) is 41.0 Å². The van der Waals surface area contributed by atoms with E-state index in [2.05, 4.69) is 39.2 Å². The van der Waals surface area contributed by atoms with Gasteiger partial charge in [0.05, 0.1) is 34.6 Å². The molecule has 1 aliphatic heterocycles. The van der Waals surface area contributed by atoms with Crippen molar-refractivity contribution in [3.63, 3.8) is 0 Å².